The minimum Gasteiger partial charge on any atom is -0.320 e. The van der Waals surface area contributed by atoms with Gasteiger partial charge in [-0.25, -0.2) is 14.3 Å². The van der Waals surface area contributed by atoms with Crippen LogP contribution in [0.25, 0.3) is 16.9 Å². The molecule has 2 aromatic carbocycles. The molecule has 0 bridgehead atoms. The molecule has 4 aromatic rings. The Morgan fingerprint density at radius 2 is 1.50 bits per heavy atom. The number of fused-ring (bicyclic) bond motifs is 1. The Balaban J connectivity index is 0.00000109. The smallest absolute Gasteiger partial charge is 0.320 e. The van der Waals surface area contributed by atoms with Crippen molar-refractivity contribution in [2.45, 2.75) is 33.9 Å². The van der Waals surface area contributed by atoms with E-state index in [0.717, 1.165) is 5.56 Å². The summed E-state index contributed by atoms with van der Waals surface area (Å²) in [5.74, 6) is 0. The molecule has 0 fully saturated rings. The fourth-order valence-electron chi connectivity index (χ4n) is 3.17. The van der Waals surface area contributed by atoms with Crippen LogP contribution in [0.15, 0.2) is 76.6 Å². The van der Waals surface area contributed by atoms with E-state index in [0.29, 0.717) is 29.9 Å². The van der Waals surface area contributed by atoms with Crippen LogP contribution in [0, 0.1) is 0 Å². The van der Waals surface area contributed by atoms with Gasteiger partial charge in [-0.3, -0.25) is 9.36 Å². The van der Waals surface area contributed by atoms with Crippen molar-refractivity contribution in [3.63, 3.8) is 0 Å². The van der Waals surface area contributed by atoms with Gasteiger partial charge in [0.15, 0.2) is 11.2 Å². The molecule has 0 radical (unpaired) electrons. The lowest BCUT2D eigenvalue weighted by atomic mass is 10.2. The monoisotopic (exact) mass is 376 g/mol. The van der Waals surface area contributed by atoms with Gasteiger partial charge >= 0.3 is 5.69 Å². The lowest BCUT2D eigenvalue weighted by Gasteiger charge is -2.11. The molecule has 6 heteroatoms. The molecular weight excluding hydrogens is 352 g/mol. The minimum absolute atomic E-state index is 0.303. The van der Waals surface area contributed by atoms with Gasteiger partial charge in [0.1, 0.15) is 0 Å². The third-order valence-corrected chi connectivity index (χ3v) is 4.43. The standard InChI is InChI=1S/C20H18N4O2.C2H6/c1-2-23-19(25)17-18(24(20(23)26)16-11-7-4-8-12-16)21-14-22(17)13-15-9-5-3-6-10-15;1-2/h3-12,14H,2,13H2,1H3;1-2H3. The van der Waals surface area contributed by atoms with Crippen LogP contribution in [-0.4, -0.2) is 18.7 Å². The molecule has 28 heavy (non-hydrogen) atoms. The molecule has 0 saturated heterocycles. The normalized spacial score (nSPS) is 10.5. The van der Waals surface area contributed by atoms with Crippen molar-refractivity contribution < 1.29 is 0 Å². The van der Waals surface area contributed by atoms with E-state index in [-0.39, 0.29) is 11.2 Å². The largest absolute Gasteiger partial charge is 0.337 e. The second kappa shape index (κ2) is 8.52. The van der Waals surface area contributed by atoms with Crippen LogP contribution in [0.2, 0.25) is 0 Å². The summed E-state index contributed by atoms with van der Waals surface area (Å²) in [4.78, 5) is 30.2. The number of nitrogens with zero attached hydrogens (tertiary/aromatic N) is 4. The number of imidazole rings is 1. The number of hydrogen-bond acceptors (Lipinski definition) is 3. The third kappa shape index (κ3) is 3.41. The number of hydrogen-bond donors (Lipinski definition) is 0. The molecule has 0 N–H and O–H groups in total. The highest BCUT2D eigenvalue weighted by Crippen LogP contribution is 2.14. The van der Waals surface area contributed by atoms with Gasteiger partial charge in [-0.1, -0.05) is 62.4 Å². The number of aromatic nitrogens is 4. The van der Waals surface area contributed by atoms with Crippen LogP contribution in [0.1, 0.15) is 26.3 Å². The lowest BCUT2D eigenvalue weighted by Crippen LogP contribution is -2.39. The molecule has 2 heterocycles. The number of benzene rings is 2. The molecule has 6 nitrogen and oxygen atoms in total. The zero-order chi connectivity index (χ0) is 20.1. The summed E-state index contributed by atoms with van der Waals surface area (Å²) in [5.41, 5.74) is 1.88. The quantitative estimate of drug-likeness (QED) is 0.548. The molecule has 4 rings (SSSR count). The maximum absolute atomic E-state index is 12.9. The van der Waals surface area contributed by atoms with Crippen molar-refractivity contribution >= 4 is 11.2 Å². The fraction of sp³-hybridized carbons (Fsp3) is 0.227. The zero-order valence-corrected chi connectivity index (χ0v) is 16.4. The summed E-state index contributed by atoms with van der Waals surface area (Å²) in [5, 5.41) is 0. The summed E-state index contributed by atoms with van der Waals surface area (Å²) in [6, 6.07) is 19.1. The minimum atomic E-state index is -0.374. The molecule has 0 spiro atoms. The van der Waals surface area contributed by atoms with Crippen LogP contribution in [0.4, 0.5) is 0 Å². The number of rotatable bonds is 4. The summed E-state index contributed by atoms with van der Waals surface area (Å²) in [6.45, 7) is 6.61. The van der Waals surface area contributed by atoms with E-state index in [4.69, 9.17) is 0 Å². The van der Waals surface area contributed by atoms with Gasteiger partial charge in [0, 0.05) is 13.1 Å². The van der Waals surface area contributed by atoms with Crippen molar-refractivity contribution in [3.05, 3.63) is 93.4 Å². The van der Waals surface area contributed by atoms with Gasteiger partial charge in [-0.15, -0.1) is 0 Å². The molecule has 0 saturated carbocycles. The first kappa shape index (κ1) is 19.4. The van der Waals surface area contributed by atoms with Crippen LogP contribution < -0.4 is 11.2 Å². The first-order chi connectivity index (χ1) is 13.7. The van der Waals surface area contributed by atoms with Gasteiger partial charge in [0.2, 0.25) is 0 Å². The summed E-state index contributed by atoms with van der Waals surface area (Å²) < 4.78 is 4.55. The van der Waals surface area contributed by atoms with Crippen LogP contribution >= 0.6 is 0 Å². The predicted octanol–water partition coefficient (Wildman–Crippen LogP) is 3.44. The first-order valence-electron chi connectivity index (χ1n) is 9.50. The van der Waals surface area contributed by atoms with Crippen molar-refractivity contribution in [3.8, 4) is 5.69 Å². The molecule has 0 unspecified atom stereocenters. The SMILES string of the molecule is CC.CCn1c(=O)c2c(ncn2Cc2ccccc2)n(-c2ccccc2)c1=O. The highest BCUT2D eigenvalue weighted by atomic mass is 16.2. The Morgan fingerprint density at radius 3 is 2.11 bits per heavy atom. The van der Waals surface area contributed by atoms with E-state index in [9.17, 15) is 9.59 Å². The molecule has 0 amide bonds. The molecular formula is C22H24N4O2. The van der Waals surface area contributed by atoms with Gasteiger partial charge < -0.3 is 4.57 Å². The average molecular weight is 376 g/mol. The summed E-state index contributed by atoms with van der Waals surface area (Å²) in [6.07, 6.45) is 1.62. The second-order valence-corrected chi connectivity index (χ2v) is 6.03. The van der Waals surface area contributed by atoms with E-state index in [1.54, 1.807) is 17.8 Å². The fourth-order valence-corrected chi connectivity index (χ4v) is 3.17. The van der Waals surface area contributed by atoms with Gasteiger partial charge in [0.25, 0.3) is 5.56 Å². The second-order valence-electron chi connectivity index (χ2n) is 6.03. The van der Waals surface area contributed by atoms with E-state index in [2.05, 4.69) is 4.98 Å². The number of para-hydroxylation sites is 1. The molecule has 0 aliphatic rings. The molecule has 0 aliphatic carbocycles. The summed E-state index contributed by atoms with van der Waals surface area (Å²) >= 11 is 0. The van der Waals surface area contributed by atoms with Gasteiger partial charge in [0.05, 0.1) is 12.0 Å². The van der Waals surface area contributed by atoms with E-state index in [1.165, 1.54) is 9.13 Å². The van der Waals surface area contributed by atoms with E-state index >= 15 is 0 Å². The lowest BCUT2D eigenvalue weighted by molar-refractivity contribution is 0.655. The topological polar surface area (TPSA) is 61.8 Å². The molecule has 0 atom stereocenters. The van der Waals surface area contributed by atoms with Crippen molar-refractivity contribution in [2.75, 3.05) is 0 Å². The molecule has 0 aliphatic heterocycles. The maximum atomic E-state index is 12.9. The van der Waals surface area contributed by atoms with Crippen LogP contribution in [0.3, 0.4) is 0 Å². The first-order valence-corrected chi connectivity index (χ1v) is 9.50. The van der Waals surface area contributed by atoms with Crippen LogP contribution in [0.5, 0.6) is 0 Å². The Morgan fingerprint density at radius 1 is 0.893 bits per heavy atom. The van der Waals surface area contributed by atoms with Gasteiger partial charge in [-0.2, -0.15) is 0 Å². The highest BCUT2D eigenvalue weighted by molar-refractivity contribution is 5.72. The van der Waals surface area contributed by atoms with Gasteiger partial charge in [-0.05, 0) is 24.6 Å². The third-order valence-electron chi connectivity index (χ3n) is 4.43. The zero-order valence-electron chi connectivity index (χ0n) is 16.4. The summed E-state index contributed by atoms with van der Waals surface area (Å²) in [7, 11) is 0. The van der Waals surface area contributed by atoms with Crippen molar-refractivity contribution in [2.24, 2.45) is 0 Å². The van der Waals surface area contributed by atoms with Crippen molar-refractivity contribution in [1.29, 1.82) is 0 Å². The Hall–Kier alpha value is -3.41. The predicted molar refractivity (Wildman–Crippen MR) is 112 cm³/mol. The molecule has 144 valence electrons. The maximum Gasteiger partial charge on any atom is 0.337 e. The average Bonchev–Trinajstić information content (AvgIpc) is 3.15. The van der Waals surface area contributed by atoms with Crippen LogP contribution in [-0.2, 0) is 13.1 Å². The van der Waals surface area contributed by atoms with Crippen molar-refractivity contribution in [1.82, 2.24) is 18.7 Å². The Labute approximate surface area is 163 Å². The van der Waals surface area contributed by atoms with E-state index in [1.807, 2.05) is 74.5 Å². The molecule has 2 aromatic heterocycles. The Bertz CT molecular complexity index is 1170. The highest BCUT2D eigenvalue weighted by Gasteiger charge is 2.18. The Kier molecular flexibility index (Phi) is 5.89. The van der Waals surface area contributed by atoms with E-state index < -0.39 is 0 Å².